The lowest BCUT2D eigenvalue weighted by Gasteiger charge is -2.15. The normalized spacial score (nSPS) is 11.9. The number of nitrogens with zero attached hydrogens (tertiary/aromatic N) is 3. The molecule has 0 aliphatic heterocycles. The maximum Gasteiger partial charge on any atom is 0.417 e. The van der Waals surface area contributed by atoms with Crippen molar-refractivity contribution in [2.75, 3.05) is 5.32 Å². The van der Waals surface area contributed by atoms with Crippen molar-refractivity contribution in [2.45, 2.75) is 12.7 Å². The Hall–Kier alpha value is -2.47. The van der Waals surface area contributed by atoms with Gasteiger partial charge in [0.15, 0.2) is 5.65 Å². The van der Waals surface area contributed by atoms with Crippen molar-refractivity contribution in [3.05, 3.63) is 61.8 Å². The predicted octanol–water partition coefficient (Wildman–Crippen LogP) is 6.36. The van der Waals surface area contributed by atoms with Crippen molar-refractivity contribution in [2.24, 2.45) is 0 Å². The molecule has 0 amide bonds. The van der Waals surface area contributed by atoms with Crippen LogP contribution in [-0.2, 0) is 12.7 Å². The molecule has 0 saturated carbocycles. The van der Waals surface area contributed by atoms with E-state index >= 15 is 0 Å². The monoisotopic (exact) mass is 440 g/mol. The Kier molecular flexibility index (Phi) is 4.62. The van der Waals surface area contributed by atoms with E-state index in [-0.39, 0.29) is 21.5 Å². The van der Waals surface area contributed by atoms with Crippen LogP contribution in [0.1, 0.15) is 16.0 Å². The van der Waals surface area contributed by atoms with E-state index in [9.17, 15) is 18.4 Å². The number of pyridine rings is 1. The second-order valence-electron chi connectivity index (χ2n) is 5.89. The van der Waals surface area contributed by atoms with Crippen molar-refractivity contribution < 1.29 is 13.2 Å². The van der Waals surface area contributed by atoms with Gasteiger partial charge in [-0.25, -0.2) is 4.98 Å². The van der Waals surface area contributed by atoms with Crippen LogP contribution < -0.4 is 5.32 Å². The van der Waals surface area contributed by atoms with Crippen molar-refractivity contribution >= 4 is 57.0 Å². The van der Waals surface area contributed by atoms with E-state index in [1.165, 1.54) is 27.9 Å². The lowest BCUT2D eigenvalue weighted by molar-refractivity contribution is -0.137. The Morgan fingerprint density at radius 1 is 1.21 bits per heavy atom. The number of anilines is 1. The zero-order valence-electron chi connectivity index (χ0n) is 13.8. The molecular weight excluding hydrogens is 432 g/mol. The number of hydrogen-bond donors (Lipinski definition) is 1. The molecule has 0 saturated heterocycles. The first kappa shape index (κ1) is 18.9. The number of halogens is 5. The average molecular weight is 441 g/mol. The van der Waals surface area contributed by atoms with E-state index in [1.807, 2.05) is 17.5 Å². The number of thiophene rings is 1. The van der Waals surface area contributed by atoms with Gasteiger partial charge in [0, 0.05) is 4.88 Å². The molecule has 3 heterocycles. The van der Waals surface area contributed by atoms with Crippen molar-refractivity contribution in [1.82, 2.24) is 9.38 Å². The van der Waals surface area contributed by atoms with Gasteiger partial charge in [-0.05, 0) is 29.6 Å². The van der Waals surface area contributed by atoms with Crippen LogP contribution in [0.25, 0.3) is 16.7 Å². The molecule has 0 aliphatic carbocycles. The molecule has 0 unspecified atom stereocenters. The first-order chi connectivity index (χ1) is 13.3. The van der Waals surface area contributed by atoms with E-state index < -0.39 is 17.3 Å². The van der Waals surface area contributed by atoms with Gasteiger partial charge in [0.25, 0.3) is 0 Å². The summed E-state index contributed by atoms with van der Waals surface area (Å²) in [7, 11) is 0. The first-order valence-electron chi connectivity index (χ1n) is 7.87. The molecule has 0 spiro atoms. The minimum absolute atomic E-state index is 0.112. The highest BCUT2D eigenvalue weighted by Crippen LogP contribution is 2.38. The van der Waals surface area contributed by atoms with E-state index in [1.54, 1.807) is 6.07 Å². The number of alkyl halides is 3. The fourth-order valence-corrected chi connectivity index (χ4v) is 3.89. The number of benzene rings is 1. The van der Waals surface area contributed by atoms with E-state index in [0.717, 1.165) is 10.9 Å². The number of aromatic nitrogens is 2. The number of hydrogen-bond acceptors (Lipinski definition) is 4. The maximum atomic E-state index is 13.6. The summed E-state index contributed by atoms with van der Waals surface area (Å²) in [6, 6.07) is 9.26. The Morgan fingerprint density at radius 3 is 2.61 bits per heavy atom. The summed E-state index contributed by atoms with van der Waals surface area (Å²) in [4.78, 5) is 5.17. The van der Waals surface area contributed by atoms with E-state index in [4.69, 9.17) is 23.2 Å². The fourth-order valence-electron chi connectivity index (χ4n) is 2.93. The molecule has 0 bridgehead atoms. The average Bonchev–Trinajstić information content (AvgIpc) is 3.27. The van der Waals surface area contributed by atoms with Crippen LogP contribution in [-0.4, -0.2) is 9.38 Å². The summed E-state index contributed by atoms with van der Waals surface area (Å²) in [5.41, 5.74) is -0.937. The van der Waals surface area contributed by atoms with Gasteiger partial charge in [-0.1, -0.05) is 29.3 Å². The van der Waals surface area contributed by atoms with Gasteiger partial charge >= 0.3 is 6.18 Å². The van der Waals surface area contributed by atoms with Gasteiger partial charge in [-0.3, -0.25) is 4.40 Å². The maximum absolute atomic E-state index is 13.6. The first-order valence-corrected chi connectivity index (χ1v) is 9.51. The molecule has 4 nitrogen and oxygen atoms in total. The topological polar surface area (TPSA) is 53.1 Å². The minimum atomic E-state index is -4.71. The van der Waals surface area contributed by atoms with Crippen molar-refractivity contribution in [3.8, 4) is 6.07 Å². The third-order valence-electron chi connectivity index (χ3n) is 4.15. The number of nitrogens with one attached hydrogen (secondary N) is 1. The smallest absolute Gasteiger partial charge is 0.366 e. The molecule has 142 valence electrons. The number of fused-ring (bicyclic) bond motifs is 3. The molecule has 3 aromatic heterocycles. The standard InChI is InChI=1S/C18H9Cl2F3N4S/c19-12-5-14-15(6-13(12)20)27-16(25-8-9-2-1-3-28-9)4-11(18(21,22)23)10(7-24)17(27)26-14/h1-6,25H,8H2. The highest BCUT2D eigenvalue weighted by atomic mass is 35.5. The molecule has 0 aliphatic rings. The van der Waals surface area contributed by atoms with Gasteiger partial charge in [0.1, 0.15) is 17.5 Å². The SMILES string of the molecule is N#Cc1c(C(F)(F)F)cc(NCc2cccs2)n2c1nc1cc(Cl)c(Cl)cc12. The molecule has 10 heteroatoms. The molecule has 0 radical (unpaired) electrons. The number of nitriles is 1. The predicted molar refractivity (Wildman–Crippen MR) is 104 cm³/mol. The molecule has 1 N–H and O–H groups in total. The van der Waals surface area contributed by atoms with E-state index in [2.05, 4.69) is 10.3 Å². The lowest BCUT2D eigenvalue weighted by Crippen LogP contribution is -2.13. The van der Waals surface area contributed by atoms with Crippen molar-refractivity contribution in [1.29, 1.82) is 5.26 Å². The van der Waals surface area contributed by atoms with Crippen LogP contribution in [0.15, 0.2) is 35.7 Å². The van der Waals surface area contributed by atoms with Crippen LogP contribution in [0.4, 0.5) is 19.0 Å². The van der Waals surface area contributed by atoms with Gasteiger partial charge in [0.05, 0.1) is 33.2 Å². The lowest BCUT2D eigenvalue weighted by atomic mass is 10.1. The quantitative estimate of drug-likeness (QED) is 0.403. The van der Waals surface area contributed by atoms with Crippen LogP contribution in [0, 0.1) is 11.3 Å². The van der Waals surface area contributed by atoms with Crippen LogP contribution >= 0.6 is 34.5 Å². The minimum Gasteiger partial charge on any atom is -0.366 e. The second-order valence-corrected chi connectivity index (χ2v) is 7.73. The Bertz CT molecular complexity index is 1240. The molecule has 4 rings (SSSR count). The van der Waals surface area contributed by atoms with Crippen molar-refractivity contribution in [3.63, 3.8) is 0 Å². The highest BCUT2D eigenvalue weighted by molar-refractivity contribution is 7.09. The Labute approximate surface area is 170 Å². The summed E-state index contributed by atoms with van der Waals surface area (Å²) in [6.07, 6.45) is -4.71. The zero-order valence-corrected chi connectivity index (χ0v) is 16.1. The second kappa shape index (κ2) is 6.85. The molecule has 4 aromatic rings. The summed E-state index contributed by atoms with van der Waals surface area (Å²) in [6.45, 7) is 0.316. The molecular formula is C18H9Cl2F3N4S. The largest absolute Gasteiger partial charge is 0.417 e. The summed E-state index contributed by atoms with van der Waals surface area (Å²) in [5, 5.41) is 14.8. The Balaban J connectivity index is 2.03. The van der Waals surface area contributed by atoms with E-state index in [0.29, 0.717) is 17.6 Å². The van der Waals surface area contributed by atoms with Gasteiger partial charge in [-0.2, -0.15) is 18.4 Å². The highest BCUT2D eigenvalue weighted by Gasteiger charge is 2.36. The third kappa shape index (κ3) is 3.15. The summed E-state index contributed by atoms with van der Waals surface area (Å²) >= 11 is 13.6. The molecule has 0 fully saturated rings. The molecule has 0 atom stereocenters. The van der Waals surface area contributed by atoms with Crippen LogP contribution in [0.3, 0.4) is 0 Å². The zero-order chi connectivity index (χ0) is 20.1. The van der Waals surface area contributed by atoms with Gasteiger partial charge in [0.2, 0.25) is 0 Å². The molecule has 1 aromatic carbocycles. The van der Waals surface area contributed by atoms with Crippen LogP contribution in [0.2, 0.25) is 10.0 Å². The fraction of sp³-hybridized carbons (Fsp3) is 0.111. The third-order valence-corrected chi connectivity index (χ3v) is 5.75. The Morgan fingerprint density at radius 2 is 1.96 bits per heavy atom. The number of rotatable bonds is 3. The van der Waals surface area contributed by atoms with Gasteiger partial charge < -0.3 is 5.32 Å². The van der Waals surface area contributed by atoms with Crippen LogP contribution in [0.5, 0.6) is 0 Å². The summed E-state index contributed by atoms with van der Waals surface area (Å²) < 4.78 is 42.2. The van der Waals surface area contributed by atoms with Gasteiger partial charge in [-0.15, -0.1) is 11.3 Å². The number of imidazole rings is 1. The molecule has 28 heavy (non-hydrogen) atoms. The summed E-state index contributed by atoms with van der Waals surface area (Å²) in [5.74, 6) is 0.149.